The van der Waals surface area contributed by atoms with Crippen LogP contribution in [0.25, 0.3) is 11.5 Å². The Labute approximate surface area is 87.2 Å². The van der Waals surface area contributed by atoms with Crippen molar-refractivity contribution in [2.45, 2.75) is 0 Å². The molecule has 15 heavy (non-hydrogen) atoms. The molecule has 78 valence electrons. The molecule has 0 saturated heterocycles. The second kappa shape index (κ2) is 3.56. The molecule has 0 spiro atoms. The number of hydrogen-bond acceptors (Lipinski definition) is 5. The molecular weight excluding hydrogens is 192 g/mol. The maximum Gasteiger partial charge on any atom is 0.224 e. The first-order chi connectivity index (χ1) is 7.24. The van der Waals surface area contributed by atoms with Crippen molar-refractivity contribution in [3.8, 4) is 11.5 Å². The fraction of sp³-hybridized carbons (Fsp3) is 0.222. The van der Waals surface area contributed by atoms with E-state index >= 15 is 0 Å². The largest absolute Gasteiger partial charge is 0.397 e. The topological polar surface area (TPSA) is 81.7 Å². The number of nitrogens with two attached hydrogens (primary N) is 1. The van der Waals surface area contributed by atoms with Crippen LogP contribution in [0.4, 0.5) is 11.6 Å². The monoisotopic (exact) mass is 204 g/mol. The van der Waals surface area contributed by atoms with Crippen LogP contribution >= 0.6 is 0 Å². The Morgan fingerprint density at radius 2 is 2.20 bits per heavy atom. The smallest absolute Gasteiger partial charge is 0.224 e. The summed E-state index contributed by atoms with van der Waals surface area (Å²) in [6.45, 7) is 0. The van der Waals surface area contributed by atoms with Gasteiger partial charge in [-0.2, -0.15) is 0 Å². The van der Waals surface area contributed by atoms with Gasteiger partial charge in [-0.05, 0) is 12.1 Å². The van der Waals surface area contributed by atoms with Crippen LogP contribution in [0.5, 0.6) is 0 Å². The van der Waals surface area contributed by atoms with E-state index in [1.807, 2.05) is 7.05 Å². The van der Waals surface area contributed by atoms with Gasteiger partial charge in [0.2, 0.25) is 5.95 Å². The number of hydrogen-bond donors (Lipinski definition) is 2. The Bertz CT molecular complexity index is 475. The van der Waals surface area contributed by atoms with Gasteiger partial charge in [-0.15, -0.1) is 10.2 Å². The van der Waals surface area contributed by atoms with Gasteiger partial charge in [0.05, 0.1) is 5.69 Å². The highest BCUT2D eigenvalue weighted by Gasteiger charge is 2.12. The summed E-state index contributed by atoms with van der Waals surface area (Å²) in [5.41, 5.74) is 7.05. The lowest BCUT2D eigenvalue weighted by atomic mass is 10.3. The summed E-state index contributed by atoms with van der Waals surface area (Å²) >= 11 is 0. The first kappa shape index (κ1) is 9.45. The summed E-state index contributed by atoms with van der Waals surface area (Å²) in [6, 6.07) is 3.57. The molecule has 0 bridgehead atoms. The molecule has 2 aromatic rings. The van der Waals surface area contributed by atoms with E-state index in [0.29, 0.717) is 23.2 Å². The first-order valence-electron chi connectivity index (χ1n) is 4.52. The fourth-order valence-electron chi connectivity index (χ4n) is 1.36. The fourth-order valence-corrected chi connectivity index (χ4v) is 1.36. The SMILES string of the molecule is CNc1nnc(-c2ncccc2N)n1C. The summed E-state index contributed by atoms with van der Waals surface area (Å²) in [4.78, 5) is 4.18. The van der Waals surface area contributed by atoms with Gasteiger partial charge < -0.3 is 11.1 Å². The van der Waals surface area contributed by atoms with Crippen LogP contribution in [0.3, 0.4) is 0 Å². The molecule has 2 aromatic heterocycles. The van der Waals surface area contributed by atoms with Gasteiger partial charge in [0, 0.05) is 20.3 Å². The molecule has 2 rings (SSSR count). The average molecular weight is 204 g/mol. The van der Waals surface area contributed by atoms with Crippen molar-refractivity contribution in [1.29, 1.82) is 0 Å². The quantitative estimate of drug-likeness (QED) is 0.744. The summed E-state index contributed by atoms with van der Waals surface area (Å²) in [6.07, 6.45) is 1.68. The molecule has 0 saturated carbocycles. The lowest BCUT2D eigenvalue weighted by molar-refractivity contribution is 0.919. The predicted octanol–water partition coefficient (Wildman–Crippen LogP) is 0.501. The van der Waals surface area contributed by atoms with Gasteiger partial charge in [-0.3, -0.25) is 9.55 Å². The van der Waals surface area contributed by atoms with Crippen LogP contribution in [0.15, 0.2) is 18.3 Å². The van der Waals surface area contributed by atoms with Crippen molar-refractivity contribution in [3.05, 3.63) is 18.3 Å². The number of anilines is 2. The highest BCUT2D eigenvalue weighted by Crippen LogP contribution is 2.21. The molecule has 0 aliphatic rings. The number of pyridine rings is 1. The van der Waals surface area contributed by atoms with Gasteiger partial charge in [0.15, 0.2) is 5.82 Å². The summed E-state index contributed by atoms with van der Waals surface area (Å²) < 4.78 is 1.80. The normalized spacial score (nSPS) is 10.3. The minimum Gasteiger partial charge on any atom is -0.397 e. The van der Waals surface area contributed by atoms with Crippen molar-refractivity contribution < 1.29 is 0 Å². The third-order valence-electron chi connectivity index (χ3n) is 2.15. The summed E-state index contributed by atoms with van der Waals surface area (Å²) in [5, 5.41) is 10.9. The highest BCUT2D eigenvalue weighted by molar-refractivity contribution is 5.67. The van der Waals surface area contributed by atoms with Crippen LogP contribution in [-0.4, -0.2) is 26.8 Å². The van der Waals surface area contributed by atoms with Crippen LogP contribution in [0.1, 0.15) is 0 Å². The van der Waals surface area contributed by atoms with E-state index in [4.69, 9.17) is 5.73 Å². The van der Waals surface area contributed by atoms with E-state index in [1.54, 1.807) is 29.9 Å². The lowest BCUT2D eigenvalue weighted by Crippen LogP contribution is -2.02. The Morgan fingerprint density at radius 3 is 2.80 bits per heavy atom. The van der Waals surface area contributed by atoms with Crippen molar-refractivity contribution in [3.63, 3.8) is 0 Å². The van der Waals surface area contributed by atoms with Crippen molar-refractivity contribution in [1.82, 2.24) is 19.7 Å². The molecule has 3 N–H and O–H groups in total. The molecule has 0 fully saturated rings. The number of aromatic nitrogens is 4. The Hall–Kier alpha value is -2.11. The number of nitrogens with one attached hydrogen (secondary N) is 1. The van der Waals surface area contributed by atoms with Crippen molar-refractivity contribution in [2.75, 3.05) is 18.1 Å². The van der Waals surface area contributed by atoms with Gasteiger partial charge in [-0.1, -0.05) is 0 Å². The standard InChI is InChI=1S/C9H12N6/c1-11-9-14-13-8(15(9)2)7-6(10)4-3-5-12-7/h3-5H,10H2,1-2H3,(H,11,14). The molecule has 6 nitrogen and oxygen atoms in total. The Morgan fingerprint density at radius 1 is 1.40 bits per heavy atom. The van der Waals surface area contributed by atoms with Gasteiger partial charge in [-0.25, -0.2) is 0 Å². The molecular formula is C9H12N6. The minimum atomic E-state index is 0.593. The summed E-state index contributed by atoms with van der Waals surface area (Å²) in [5.74, 6) is 1.33. The zero-order chi connectivity index (χ0) is 10.8. The molecule has 0 aliphatic heterocycles. The third-order valence-corrected chi connectivity index (χ3v) is 2.15. The van der Waals surface area contributed by atoms with E-state index in [0.717, 1.165) is 0 Å². The van der Waals surface area contributed by atoms with E-state index < -0.39 is 0 Å². The molecule has 0 unspecified atom stereocenters. The highest BCUT2D eigenvalue weighted by atomic mass is 15.3. The maximum atomic E-state index is 5.81. The van der Waals surface area contributed by atoms with Crippen molar-refractivity contribution in [2.24, 2.45) is 7.05 Å². The molecule has 0 aliphatic carbocycles. The molecule has 0 radical (unpaired) electrons. The van der Waals surface area contributed by atoms with E-state index in [2.05, 4.69) is 20.5 Å². The number of nitrogen functional groups attached to an aromatic ring is 1. The predicted molar refractivity (Wildman–Crippen MR) is 58.2 cm³/mol. The lowest BCUT2D eigenvalue weighted by Gasteiger charge is -2.04. The molecule has 0 atom stereocenters. The zero-order valence-electron chi connectivity index (χ0n) is 8.60. The molecule has 0 amide bonds. The second-order valence-electron chi connectivity index (χ2n) is 3.10. The average Bonchev–Trinajstić information content (AvgIpc) is 2.60. The van der Waals surface area contributed by atoms with Crippen LogP contribution in [0.2, 0.25) is 0 Å². The second-order valence-corrected chi connectivity index (χ2v) is 3.10. The van der Waals surface area contributed by atoms with Gasteiger partial charge in [0.25, 0.3) is 0 Å². The van der Waals surface area contributed by atoms with Gasteiger partial charge >= 0.3 is 0 Å². The Balaban J connectivity index is 2.55. The van der Waals surface area contributed by atoms with E-state index in [9.17, 15) is 0 Å². The van der Waals surface area contributed by atoms with Crippen molar-refractivity contribution >= 4 is 11.6 Å². The molecule has 6 heteroatoms. The summed E-state index contributed by atoms with van der Waals surface area (Å²) in [7, 11) is 3.64. The maximum absolute atomic E-state index is 5.81. The van der Waals surface area contributed by atoms with E-state index in [-0.39, 0.29) is 0 Å². The zero-order valence-corrected chi connectivity index (χ0v) is 8.60. The van der Waals surface area contributed by atoms with E-state index in [1.165, 1.54) is 0 Å². The third kappa shape index (κ3) is 1.50. The number of nitrogens with zero attached hydrogens (tertiary/aromatic N) is 4. The first-order valence-corrected chi connectivity index (χ1v) is 4.52. The molecule has 2 heterocycles. The van der Waals surface area contributed by atoms with Crippen LogP contribution in [-0.2, 0) is 7.05 Å². The van der Waals surface area contributed by atoms with Crippen LogP contribution in [0, 0.1) is 0 Å². The molecule has 0 aromatic carbocycles. The Kier molecular flexibility index (Phi) is 2.24. The number of rotatable bonds is 2. The van der Waals surface area contributed by atoms with Gasteiger partial charge in [0.1, 0.15) is 5.69 Å². The minimum absolute atomic E-state index is 0.593. The van der Waals surface area contributed by atoms with Crippen LogP contribution < -0.4 is 11.1 Å².